The van der Waals surface area contributed by atoms with E-state index in [1.807, 2.05) is 36.0 Å². The number of rotatable bonds is 0. The highest BCUT2D eigenvalue weighted by Gasteiger charge is 2.35. The van der Waals surface area contributed by atoms with Crippen molar-refractivity contribution in [1.82, 2.24) is 0 Å². The molecule has 2 N–H and O–H groups in total. The molecule has 3 nitrogen and oxygen atoms in total. The van der Waals surface area contributed by atoms with E-state index in [2.05, 4.69) is 24.5 Å². The lowest BCUT2D eigenvalue weighted by Crippen LogP contribution is -2.18. The van der Waals surface area contributed by atoms with Gasteiger partial charge in [0.25, 0.3) is 5.91 Å². The number of nitrogens with one attached hydrogen (secondary N) is 2. The van der Waals surface area contributed by atoms with Crippen molar-refractivity contribution in [2.24, 2.45) is 0 Å². The molecule has 0 bridgehead atoms. The molecule has 0 saturated carbocycles. The van der Waals surface area contributed by atoms with Gasteiger partial charge < -0.3 is 10.6 Å². The fourth-order valence-corrected chi connectivity index (χ4v) is 3.70. The lowest BCUT2D eigenvalue weighted by atomic mass is 10.1. The van der Waals surface area contributed by atoms with Crippen LogP contribution in [0, 0.1) is 0 Å². The normalized spacial score (nSPS) is 26.8. The molecule has 88 valence electrons. The van der Waals surface area contributed by atoms with Crippen molar-refractivity contribution >= 4 is 29.0 Å². The predicted octanol–water partition coefficient (Wildman–Crippen LogP) is 2.83. The minimum atomic E-state index is 0.0294. The van der Waals surface area contributed by atoms with E-state index in [-0.39, 0.29) is 11.2 Å². The molecule has 17 heavy (non-hydrogen) atoms. The summed E-state index contributed by atoms with van der Waals surface area (Å²) in [5.41, 5.74) is 3.78. The van der Waals surface area contributed by atoms with Gasteiger partial charge in [0.1, 0.15) is 0 Å². The Kier molecular flexibility index (Phi) is 2.40. The number of hydrogen-bond acceptors (Lipinski definition) is 3. The first kappa shape index (κ1) is 10.7. The van der Waals surface area contributed by atoms with Gasteiger partial charge in [-0.1, -0.05) is 12.1 Å². The van der Waals surface area contributed by atoms with E-state index >= 15 is 0 Å². The van der Waals surface area contributed by atoms with Crippen LogP contribution < -0.4 is 10.6 Å². The SMILES string of the molecule is CC1SC(C)C2=C1Nc1ccccc1NC2=O. The molecule has 2 atom stereocenters. The van der Waals surface area contributed by atoms with Crippen molar-refractivity contribution in [2.45, 2.75) is 24.3 Å². The topological polar surface area (TPSA) is 41.1 Å². The van der Waals surface area contributed by atoms with Crippen LogP contribution in [0.5, 0.6) is 0 Å². The smallest absolute Gasteiger partial charge is 0.254 e. The summed E-state index contributed by atoms with van der Waals surface area (Å²) in [6.07, 6.45) is 0. The van der Waals surface area contributed by atoms with E-state index in [0.717, 1.165) is 22.6 Å². The molecular formula is C13H14N2OS. The van der Waals surface area contributed by atoms with Crippen molar-refractivity contribution in [3.8, 4) is 0 Å². The Morgan fingerprint density at radius 2 is 1.71 bits per heavy atom. The predicted molar refractivity (Wildman–Crippen MR) is 72.2 cm³/mol. The van der Waals surface area contributed by atoms with E-state index < -0.39 is 0 Å². The summed E-state index contributed by atoms with van der Waals surface area (Å²) in [5, 5.41) is 6.98. The number of thioether (sulfide) groups is 1. The zero-order valence-corrected chi connectivity index (χ0v) is 10.6. The van der Waals surface area contributed by atoms with Crippen molar-refractivity contribution in [3.05, 3.63) is 35.5 Å². The van der Waals surface area contributed by atoms with Gasteiger partial charge in [-0.3, -0.25) is 4.79 Å². The van der Waals surface area contributed by atoms with Crippen LogP contribution in [0.2, 0.25) is 0 Å². The van der Waals surface area contributed by atoms with E-state index in [9.17, 15) is 4.79 Å². The molecule has 2 heterocycles. The van der Waals surface area contributed by atoms with Crippen molar-refractivity contribution in [1.29, 1.82) is 0 Å². The standard InChI is InChI=1S/C13H14N2OS/c1-7-11-12(8(2)17-7)14-9-5-3-4-6-10(9)15-13(11)16/h3-8,14H,1-2H3,(H,15,16). The number of carbonyl (C=O) groups excluding carboxylic acids is 1. The van der Waals surface area contributed by atoms with Crippen molar-refractivity contribution < 1.29 is 4.79 Å². The fraction of sp³-hybridized carbons (Fsp3) is 0.308. The lowest BCUT2D eigenvalue weighted by molar-refractivity contribution is -0.112. The molecule has 3 rings (SSSR count). The minimum Gasteiger partial charge on any atom is -0.356 e. The molecule has 4 heteroatoms. The highest BCUT2D eigenvalue weighted by Crippen LogP contribution is 2.41. The second kappa shape index (κ2) is 3.81. The zero-order valence-electron chi connectivity index (χ0n) is 9.78. The molecule has 0 radical (unpaired) electrons. The van der Waals surface area contributed by atoms with Gasteiger partial charge in [0, 0.05) is 16.2 Å². The first-order valence-electron chi connectivity index (χ1n) is 5.73. The summed E-state index contributed by atoms with van der Waals surface area (Å²) in [7, 11) is 0. The number of hydrogen-bond donors (Lipinski definition) is 2. The summed E-state index contributed by atoms with van der Waals surface area (Å²) in [6, 6.07) is 7.81. The summed E-state index contributed by atoms with van der Waals surface area (Å²) >= 11 is 1.82. The first-order valence-corrected chi connectivity index (χ1v) is 6.68. The van der Waals surface area contributed by atoms with Crippen molar-refractivity contribution in [3.63, 3.8) is 0 Å². The van der Waals surface area contributed by atoms with Crippen LogP contribution in [0.4, 0.5) is 11.4 Å². The Labute approximate surface area is 105 Å². The molecule has 1 aromatic rings. The summed E-state index contributed by atoms with van der Waals surface area (Å²) in [6.45, 7) is 4.22. The van der Waals surface area contributed by atoms with Gasteiger partial charge in [-0.25, -0.2) is 0 Å². The molecule has 0 spiro atoms. The molecule has 0 fully saturated rings. The number of para-hydroxylation sites is 2. The highest BCUT2D eigenvalue weighted by molar-refractivity contribution is 8.01. The number of fused-ring (bicyclic) bond motifs is 1. The Balaban J connectivity index is 2.10. The molecule has 2 aliphatic heterocycles. The first-order chi connectivity index (χ1) is 8.16. The molecule has 1 aromatic carbocycles. The second-order valence-corrected chi connectivity index (χ2v) is 6.06. The van der Waals surface area contributed by atoms with Gasteiger partial charge in [0.2, 0.25) is 0 Å². The fourth-order valence-electron chi connectivity index (χ4n) is 2.39. The van der Waals surface area contributed by atoms with Gasteiger partial charge >= 0.3 is 0 Å². The number of amides is 1. The van der Waals surface area contributed by atoms with Crippen LogP contribution in [0.15, 0.2) is 35.5 Å². The maximum absolute atomic E-state index is 12.2. The number of anilines is 2. The van der Waals surface area contributed by atoms with Crippen molar-refractivity contribution in [2.75, 3.05) is 10.6 Å². The Morgan fingerprint density at radius 1 is 1.06 bits per heavy atom. The Hall–Kier alpha value is -1.42. The molecule has 2 unspecified atom stereocenters. The third-order valence-electron chi connectivity index (χ3n) is 3.20. The minimum absolute atomic E-state index is 0.0294. The van der Waals surface area contributed by atoms with Gasteiger partial charge in [0.05, 0.1) is 16.9 Å². The van der Waals surface area contributed by atoms with Gasteiger partial charge in [-0.2, -0.15) is 0 Å². The molecular weight excluding hydrogens is 232 g/mol. The number of benzene rings is 1. The lowest BCUT2D eigenvalue weighted by Gasteiger charge is -2.13. The van der Waals surface area contributed by atoms with E-state index in [4.69, 9.17) is 0 Å². The largest absolute Gasteiger partial charge is 0.356 e. The average molecular weight is 246 g/mol. The average Bonchev–Trinajstić information content (AvgIpc) is 2.49. The van der Waals surface area contributed by atoms with Crippen LogP contribution in [-0.2, 0) is 4.79 Å². The molecule has 0 saturated heterocycles. The van der Waals surface area contributed by atoms with Crippen LogP contribution in [0.3, 0.4) is 0 Å². The molecule has 0 aliphatic carbocycles. The molecule has 1 amide bonds. The monoisotopic (exact) mass is 246 g/mol. The van der Waals surface area contributed by atoms with Crippen LogP contribution in [0.1, 0.15) is 13.8 Å². The summed E-state index contributed by atoms with van der Waals surface area (Å²) < 4.78 is 0. The second-order valence-electron chi connectivity index (χ2n) is 4.37. The Morgan fingerprint density at radius 3 is 2.41 bits per heavy atom. The van der Waals surface area contributed by atoms with E-state index in [1.165, 1.54) is 0 Å². The molecule has 2 aliphatic rings. The van der Waals surface area contributed by atoms with Gasteiger partial charge in [-0.15, -0.1) is 11.8 Å². The maximum Gasteiger partial charge on any atom is 0.254 e. The third kappa shape index (κ3) is 1.63. The van der Waals surface area contributed by atoms with Crippen LogP contribution in [0.25, 0.3) is 0 Å². The zero-order chi connectivity index (χ0) is 12.0. The van der Waals surface area contributed by atoms with E-state index in [1.54, 1.807) is 0 Å². The van der Waals surface area contributed by atoms with Gasteiger partial charge in [-0.05, 0) is 26.0 Å². The van der Waals surface area contributed by atoms with Crippen LogP contribution in [-0.4, -0.2) is 16.4 Å². The Bertz CT molecular complexity index is 524. The van der Waals surface area contributed by atoms with E-state index in [0.29, 0.717) is 5.25 Å². The van der Waals surface area contributed by atoms with Crippen LogP contribution >= 0.6 is 11.8 Å². The van der Waals surface area contributed by atoms with Gasteiger partial charge in [0.15, 0.2) is 0 Å². The summed E-state index contributed by atoms with van der Waals surface area (Å²) in [5.74, 6) is 0.0294. The maximum atomic E-state index is 12.2. The quantitative estimate of drug-likeness (QED) is 0.739. The number of carbonyl (C=O) groups is 1. The molecule has 0 aromatic heterocycles. The highest BCUT2D eigenvalue weighted by atomic mass is 32.2. The third-order valence-corrected chi connectivity index (χ3v) is 4.49. The summed E-state index contributed by atoms with van der Waals surface area (Å²) in [4.78, 5) is 12.2.